The number of pyridine rings is 1. The Morgan fingerprint density at radius 2 is 1.81 bits per heavy atom. The van der Waals surface area contributed by atoms with Crippen molar-refractivity contribution in [1.29, 1.82) is 0 Å². The van der Waals surface area contributed by atoms with E-state index in [1.807, 2.05) is 66.7 Å². The van der Waals surface area contributed by atoms with Crippen molar-refractivity contribution in [2.45, 2.75) is 12.8 Å². The lowest BCUT2D eigenvalue weighted by Gasteiger charge is -2.27. The molecule has 9 nitrogen and oxygen atoms in total. The van der Waals surface area contributed by atoms with E-state index in [9.17, 15) is 13.5 Å². The van der Waals surface area contributed by atoms with Gasteiger partial charge in [-0.3, -0.25) is 4.98 Å². The second-order valence-electron chi connectivity index (χ2n) is 8.35. The molecule has 2 aromatic heterocycles. The summed E-state index contributed by atoms with van der Waals surface area (Å²) in [6.07, 6.45) is 3.23. The number of aliphatic hydroxyl groups excluding tert-OH is 1. The van der Waals surface area contributed by atoms with E-state index in [-0.39, 0.29) is 10.7 Å². The number of likely N-dealkylation sites (N-methyl/N-ethyl adjacent to an activating group) is 1. The number of hydrogen-bond acceptors (Lipinski definition) is 8. The Morgan fingerprint density at radius 3 is 2.53 bits per heavy atom. The number of allylic oxidation sites excluding steroid dienone is 2. The van der Waals surface area contributed by atoms with Crippen molar-refractivity contribution in [1.82, 2.24) is 19.9 Å². The summed E-state index contributed by atoms with van der Waals surface area (Å²) in [5.41, 5.74) is 3.87. The van der Waals surface area contributed by atoms with Crippen LogP contribution in [-0.2, 0) is 16.6 Å². The first-order valence-corrected chi connectivity index (χ1v) is 12.7. The minimum Gasteiger partial charge on any atom is -0.369 e. The number of anilines is 1. The Kier molecular flexibility index (Phi) is 6.23. The highest BCUT2D eigenvalue weighted by molar-refractivity contribution is 7.93. The first-order chi connectivity index (χ1) is 17.3. The molecule has 0 aliphatic carbocycles. The maximum Gasteiger partial charge on any atom is 0.238 e. The Labute approximate surface area is 208 Å². The number of nitrogens with one attached hydrogen (secondary N) is 1. The highest BCUT2D eigenvalue weighted by Gasteiger charge is 2.29. The maximum atomic E-state index is 12.1. The fourth-order valence-electron chi connectivity index (χ4n) is 4.08. The van der Waals surface area contributed by atoms with E-state index in [2.05, 4.69) is 10.3 Å². The van der Waals surface area contributed by atoms with Gasteiger partial charge in [-0.15, -0.1) is 0 Å². The molecule has 2 aromatic carbocycles. The third kappa shape index (κ3) is 4.69. The Balaban J connectivity index is 1.69. The van der Waals surface area contributed by atoms with Gasteiger partial charge in [0.25, 0.3) is 0 Å². The van der Waals surface area contributed by atoms with Crippen LogP contribution in [0, 0.1) is 0 Å². The van der Waals surface area contributed by atoms with E-state index >= 15 is 0 Å². The molecule has 0 spiro atoms. The number of nitrogens with zero attached hydrogens (tertiary/aromatic N) is 4. The lowest BCUT2D eigenvalue weighted by atomic mass is 10.0. The quantitative estimate of drug-likeness (QED) is 0.368. The van der Waals surface area contributed by atoms with Crippen molar-refractivity contribution in [3.8, 4) is 11.1 Å². The summed E-state index contributed by atoms with van der Waals surface area (Å²) in [5.74, 6) is 0.858. The van der Waals surface area contributed by atoms with Crippen molar-refractivity contribution >= 4 is 32.3 Å². The molecule has 4 N–H and O–H groups in total. The predicted molar refractivity (Wildman–Crippen MR) is 139 cm³/mol. The first-order valence-electron chi connectivity index (χ1n) is 11.2. The molecule has 0 amide bonds. The minimum atomic E-state index is -4.14. The van der Waals surface area contributed by atoms with Crippen LogP contribution in [0.5, 0.6) is 0 Å². The van der Waals surface area contributed by atoms with E-state index in [0.29, 0.717) is 23.5 Å². The van der Waals surface area contributed by atoms with Crippen LogP contribution < -0.4 is 10.5 Å². The van der Waals surface area contributed by atoms with Crippen LogP contribution in [0.1, 0.15) is 11.5 Å². The van der Waals surface area contributed by atoms with Crippen molar-refractivity contribution < 1.29 is 13.5 Å². The number of primary sulfonamides is 1. The summed E-state index contributed by atoms with van der Waals surface area (Å²) in [6.45, 7) is 0.422. The summed E-state index contributed by atoms with van der Waals surface area (Å²) in [7, 11) is -2.59. The second kappa shape index (κ2) is 9.50. The third-order valence-corrected chi connectivity index (χ3v) is 6.82. The van der Waals surface area contributed by atoms with Crippen LogP contribution in [0.25, 0.3) is 27.6 Å². The number of benzene rings is 2. The van der Waals surface area contributed by atoms with Gasteiger partial charge >= 0.3 is 0 Å². The SMILES string of the molecule is CN1C=C(c2nc(NCc3ccccn3)c3c(-c4ccccc4)cccc3n2)C=C(S(N)(=O)=O)C1O. The lowest BCUT2D eigenvalue weighted by molar-refractivity contribution is 0.0934. The number of nitrogens with two attached hydrogens (primary N) is 1. The summed E-state index contributed by atoms with van der Waals surface area (Å²) in [5, 5.41) is 19.9. The molecule has 1 aliphatic heterocycles. The van der Waals surface area contributed by atoms with Gasteiger partial charge in [0.2, 0.25) is 10.0 Å². The maximum absolute atomic E-state index is 12.1. The topological polar surface area (TPSA) is 134 Å². The van der Waals surface area contributed by atoms with E-state index < -0.39 is 16.3 Å². The number of fused-ring (bicyclic) bond motifs is 1. The average molecular weight is 501 g/mol. The molecule has 1 unspecified atom stereocenters. The Morgan fingerprint density at radius 1 is 1.03 bits per heavy atom. The lowest BCUT2D eigenvalue weighted by Crippen LogP contribution is -2.36. The van der Waals surface area contributed by atoms with Crippen molar-refractivity contribution in [2.75, 3.05) is 12.4 Å². The molecule has 1 atom stereocenters. The van der Waals surface area contributed by atoms with Crippen molar-refractivity contribution in [3.05, 3.63) is 102 Å². The Bertz CT molecular complexity index is 1590. The van der Waals surface area contributed by atoms with E-state index in [1.54, 1.807) is 19.4 Å². The van der Waals surface area contributed by atoms with Gasteiger partial charge in [-0.05, 0) is 35.4 Å². The number of aliphatic hydroxyl groups is 1. The molecular weight excluding hydrogens is 476 g/mol. The number of rotatable bonds is 6. The van der Waals surface area contributed by atoms with Gasteiger partial charge in [-0.1, -0.05) is 48.5 Å². The normalized spacial score (nSPS) is 16.0. The molecule has 10 heteroatoms. The van der Waals surface area contributed by atoms with Gasteiger partial charge in [-0.2, -0.15) is 0 Å². The number of hydrogen-bond donors (Lipinski definition) is 3. The van der Waals surface area contributed by atoms with Gasteiger partial charge in [0.05, 0.1) is 23.1 Å². The molecular formula is C26H24N6O3S. The van der Waals surface area contributed by atoms with Crippen LogP contribution in [-0.4, -0.2) is 46.7 Å². The minimum absolute atomic E-state index is 0.288. The number of aromatic nitrogens is 3. The van der Waals surface area contributed by atoms with Crippen LogP contribution in [0.3, 0.4) is 0 Å². The standard InChI is InChI=1S/C26H24N6O3S/c1-32-16-18(14-22(26(32)33)36(27,34)35)24-30-21-12-7-11-20(17-8-3-2-4-9-17)23(21)25(31-24)29-15-19-10-5-6-13-28-19/h2-14,16,26,33H,15H2,1H3,(H2,27,34,35)(H,29,30,31). The molecule has 0 bridgehead atoms. The molecule has 0 saturated carbocycles. The van der Waals surface area contributed by atoms with Crippen molar-refractivity contribution in [3.63, 3.8) is 0 Å². The molecule has 0 radical (unpaired) electrons. The highest BCUT2D eigenvalue weighted by atomic mass is 32.2. The predicted octanol–water partition coefficient (Wildman–Crippen LogP) is 3.08. The molecule has 0 fully saturated rings. The monoisotopic (exact) mass is 500 g/mol. The van der Waals surface area contributed by atoms with Crippen LogP contribution in [0.4, 0.5) is 5.82 Å². The Hall–Kier alpha value is -4.12. The summed E-state index contributed by atoms with van der Waals surface area (Å²) >= 11 is 0. The van der Waals surface area contributed by atoms with E-state index in [1.165, 1.54) is 11.0 Å². The largest absolute Gasteiger partial charge is 0.369 e. The molecule has 36 heavy (non-hydrogen) atoms. The van der Waals surface area contributed by atoms with Crippen LogP contribution in [0.2, 0.25) is 0 Å². The molecule has 0 saturated heterocycles. The fourth-order valence-corrected chi connectivity index (χ4v) is 4.83. The van der Waals surface area contributed by atoms with Gasteiger partial charge in [0.1, 0.15) is 10.7 Å². The first kappa shape index (κ1) is 23.6. The third-order valence-electron chi connectivity index (χ3n) is 5.84. The molecule has 5 rings (SSSR count). The summed E-state index contributed by atoms with van der Waals surface area (Å²) in [6, 6.07) is 21.4. The van der Waals surface area contributed by atoms with Gasteiger partial charge in [0, 0.05) is 25.0 Å². The molecule has 4 aromatic rings. The smallest absolute Gasteiger partial charge is 0.238 e. The van der Waals surface area contributed by atoms with Gasteiger partial charge in [0.15, 0.2) is 12.1 Å². The molecule has 1 aliphatic rings. The fraction of sp³-hybridized carbons (Fsp3) is 0.115. The zero-order valence-electron chi connectivity index (χ0n) is 19.4. The van der Waals surface area contributed by atoms with Crippen LogP contribution >= 0.6 is 0 Å². The number of sulfonamides is 1. The summed E-state index contributed by atoms with van der Waals surface area (Å²) in [4.78, 5) is 15.0. The molecule has 182 valence electrons. The zero-order chi connectivity index (χ0) is 25.3. The zero-order valence-corrected chi connectivity index (χ0v) is 20.2. The van der Waals surface area contributed by atoms with Crippen molar-refractivity contribution in [2.24, 2.45) is 5.14 Å². The molecule has 3 heterocycles. The van der Waals surface area contributed by atoms with E-state index in [0.717, 1.165) is 22.2 Å². The average Bonchev–Trinajstić information content (AvgIpc) is 2.88. The van der Waals surface area contributed by atoms with Gasteiger partial charge < -0.3 is 15.3 Å². The van der Waals surface area contributed by atoms with Gasteiger partial charge in [-0.25, -0.2) is 23.5 Å². The second-order valence-corrected chi connectivity index (χ2v) is 9.91. The van der Waals surface area contributed by atoms with E-state index in [4.69, 9.17) is 15.1 Å². The highest BCUT2D eigenvalue weighted by Crippen LogP contribution is 2.34. The summed E-state index contributed by atoms with van der Waals surface area (Å²) < 4.78 is 24.2. The van der Waals surface area contributed by atoms with Crippen LogP contribution in [0.15, 0.2) is 90.1 Å².